The summed E-state index contributed by atoms with van der Waals surface area (Å²) in [7, 11) is 0. The molecule has 1 aromatic rings. The first-order valence-corrected chi connectivity index (χ1v) is 5.76. The van der Waals surface area contributed by atoms with E-state index in [1.165, 1.54) is 0 Å². The third-order valence-electron chi connectivity index (χ3n) is 1.70. The molecule has 92 valence electrons. The Morgan fingerprint density at radius 3 is 2.53 bits per heavy atom. The Kier molecular flexibility index (Phi) is 5.48. The molecule has 5 nitrogen and oxygen atoms in total. The molecule has 0 radical (unpaired) electrons. The fraction of sp³-hybridized carbons (Fsp3) is 0.273. The quantitative estimate of drug-likeness (QED) is 0.925. The Bertz CT molecular complexity index is 391. The Morgan fingerprint density at radius 1 is 1.29 bits per heavy atom. The predicted molar refractivity (Wildman–Crippen MR) is 64.8 cm³/mol. The second-order valence-corrected chi connectivity index (χ2v) is 3.93. The minimum Gasteiger partial charge on any atom is -0.484 e. The molecule has 0 aromatic heterocycles. The molecule has 0 bridgehead atoms. The molecule has 2 amide bonds. The van der Waals surface area contributed by atoms with Gasteiger partial charge in [0, 0.05) is 4.47 Å². The second-order valence-electron chi connectivity index (χ2n) is 3.01. The first kappa shape index (κ1) is 13.5. The fourth-order valence-corrected chi connectivity index (χ4v) is 1.26. The number of amides is 2. The molecule has 0 aliphatic carbocycles. The fourth-order valence-electron chi connectivity index (χ4n) is 0.997. The SMILES string of the molecule is CCOC(=O)NC(=O)COc1ccc(Br)cc1. The Hall–Kier alpha value is -1.56. The highest BCUT2D eigenvalue weighted by molar-refractivity contribution is 9.10. The number of benzene rings is 1. The number of carbonyl (C=O) groups is 2. The third kappa shape index (κ3) is 5.35. The van der Waals surface area contributed by atoms with Crippen molar-refractivity contribution in [3.8, 4) is 5.75 Å². The van der Waals surface area contributed by atoms with E-state index >= 15 is 0 Å². The largest absolute Gasteiger partial charge is 0.484 e. The van der Waals surface area contributed by atoms with Crippen LogP contribution >= 0.6 is 15.9 Å². The molecule has 0 saturated carbocycles. The maximum Gasteiger partial charge on any atom is 0.413 e. The van der Waals surface area contributed by atoms with Gasteiger partial charge in [-0.15, -0.1) is 0 Å². The van der Waals surface area contributed by atoms with E-state index in [9.17, 15) is 9.59 Å². The van der Waals surface area contributed by atoms with Crippen molar-refractivity contribution in [1.29, 1.82) is 0 Å². The maximum atomic E-state index is 11.2. The Balaban J connectivity index is 2.33. The molecule has 0 fully saturated rings. The molecular weight excluding hydrogens is 290 g/mol. The zero-order valence-corrected chi connectivity index (χ0v) is 10.8. The monoisotopic (exact) mass is 301 g/mol. The van der Waals surface area contributed by atoms with Crippen molar-refractivity contribution >= 4 is 27.9 Å². The molecule has 6 heteroatoms. The minimum absolute atomic E-state index is 0.215. The number of rotatable bonds is 4. The summed E-state index contributed by atoms with van der Waals surface area (Å²) in [5.74, 6) is -0.00132. The Labute approximate surface area is 107 Å². The summed E-state index contributed by atoms with van der Waals surface area (Å²) >= 11 is 3.28. The van der Waals surface area contributed by atoms with Crippen LogP contribution < -0.4 is 10.1 Å². The van der Waals surface area contributed by atoms with Gasteiger partial charge in [-0.3, -0.25) is 10.1 Å². The molecule has 1 N–H and O–H groups in total. The molecule has 0 aliphatic heterocycles. The van der Waals surface area contributed by atoms with Crippen LogP contribution in [0.25, 0.3) is 0 Å². The van der Waals surface area contributed by atoms with Crippen molar-refractivity contribution in [2.24, 2.45) is 0 Å². The number of nitrogens with one attached hydrogen (secondary N) is 1. The predicted octanol–water partition coefficient (Wildman–Crippen LogP) is 2.10. The number of hydrogen-bond donors (Lipinski definition) is 1. The van der Waals surface area contributed by atoms with Crippen LogP contribution in [0.1, 0.15) is 6.92 Å². The minimum atomic E-state index is -0.767. The van der Waals surface area contributed by atoms with Crippen molar-refractivity contribution < 1.29 is 19.1 Å². The van der Waals surface area contributed by atoms with Crippen LogP contribution in [-0.2, 0) is 9.53 Å². The van der Waals surface area contributed by atoms with Gasteiger partial charge in [-0.1, -0.05) is 15.9 Å². The topological polar surface area (TPSA) is 64.6 Å². The summed E-state index contributed by atoms with van der Waals surface area (Å²) in [6, 6.07) is 7.00. The van der Waals surface area contributed by atoms with Gasteiger partial charge in [0.2, 0.25) is 0 Å². The van der Waals surface area contributed by atoms with Crippen molar-refractivity contribution in [3.63, 3.8) is 0 Å². The van der Waals surface area contributed by atoms with E-state index in [0.717, 1.165) is 4.47 Å². The van der Waals surface area contributed by atoms with E-state index in [-0.39, 0.29) is 13.2 Å². The number of imide groups is 1. The molecule has 17 heavy (non-hydrogen) atoms. The second kappa shape index (κ2) is 6.90. The molecule has 0 atom stereocenters. The van der Waals surface area contributed by atoms with Gasteiger partial charge in [-0.25, -0.2) is 4.79 Å². The number of hydrogen-bond acceptors (Lipinski definition) is 4. The maximum absolute atomic E-state index is 11.2. The first-order chi connectivity index (χ1) is 8.11. The lowest BCUT2D eigenvalue weighted by molar-refractivity contribution is -0.122. The lowest BCUT2D eigenvalue weighted by atomic mass is 10.3. The molecule has 0 aliphatic rings. The zero-order valence-electron chi connectivity index (χ0n) is 9.23. The van der Waals surface area contributed by atoms with Gasteiger partial charge in [-0.05, 0) is 31.2 Å². The third-order valence-corrected chi connectivity index (χ3v) is 2.23. The summed E-state index contributed by atoms with van der Waals surface area (Å²) in [5.41, 5.74) is 0. The van der Waals surface area contributed by atoms with Crippen molar-refractivity contribution in [3.05, 3.63) is 28.7 Å². The number of alkyl carbamates (subject to hydrolysis) is 1. The van der Waals surface area contributed by atoms with Gasteiger partial charge in [0.1, 0.15) is 5.75 Å². The lowest BCUT2D eigenvalue weighted by Crippen LogP contribution is -2.34. The van der Waals surface area contributed by atoms with E-state index in [1.54, 1.807) is 31.2 Å². The van der Waals surface area contributed by atoms with Gasteiger partial charge < -0.3 is 9.47 Å². The van der Waals surface area contributed by atoms with Crippen LogP contribution in [0, 0.1) is 0 Å². The van der Waals surface area contributed by atoms with Gasteiger partial charge in [0.15, 0.2) is 6.61 Å². The summed E-state index contributed by atoms with van der Waals surface area (Å²) in [5, 5.41) is 2.03. The van der Waals surface area contributed by atoms with Gasteiger partial charge in [-0.2, -0.15) is 0 Å². The number of ether oxygens (including phenoxy) is 2. The van der Waals surface area contributed by atoms with Crippen LogP contribution in [0.5, 0.6) is 5.75 Å². The number of halogens is 1. The average molecular weight is 302 g/mol. The zero-order chi connectivity index (χ0) is 12.7. The molecule has 0 saturated heterocycles. The van der Waals surface area contributed by atoms with Crippen LogP contribution in [0.2, 0.25) is 0 Å². The van der Waals surface area contributed by atoms with E-state index in [4.69, 9.17) is 4.74 Å². The van der Waals surface area contributed by atoms with Crippen LogP contribution in [0.15, 0.2) is 28.7 Å². The lowest BCUT2D eigenvalue weighted by Gasteiger charge is -2.06. The van der Waals surface area contributed by atoms with Crippen LogP contribution in [0.3, 0.4) is 0 Å². The standard InChI is InChI=1S/C11H12BrNO4/c1-2-16-11(15)13-10(14)7-17-9-5-3-8(12)4-6-9/h3-6H,2,7H2,1H3,(H,13,14,15). The van der Waals surface area contributed by atoms with Gasteiger partial charge in [0.05, 0.1) is 6.61 Å². The van der Waals surface area contributed by atoms with E-state index < -0.39 is 12.0 Å². The number of carbonyl (C=O) groups excluding carboxylic acids is 2. The highest BCUT2D eigenvalue weighted by Gasteiger charge is 2.08. The van der Waals surface area contributed by atoms with Gasteiger partial charge >= 0.3 is 6.09 Å². The van der Waals surface area contributed by atoms with Crippen LogP contribution in [0.4, 0.5) is 4.79 Å². The molecule has 0 heterocycles. The summed E-state index contributed by atoms with van der Waals surface area (Å²) < 4.78 is 10.6. The van der Waals surface area contributed by atoms with Crippen molar-refractivity contribution in [1.82, 2.24) is 5.32 Å². The van der Waals surface area contributed by atoms with Crippen molar-refractivity contribution in [2.75, 3.05) is 13.2 Å². The molecule has 1 rings (SSSR count). The van der Waals surface area contributed by atoms with E-state index in [0.29, 0.717) is 5.75 Å². The van der Waals surface area contributed by atoms with Crippen molar-refractivity contribution in [2.45, 2.75) is 6.92 Å². The Morgan fingerprint density at radius 2 is 1.94 bits per heavy atom. The summed E-state index contributed by atoms with van der Waals surface area (Å²) in [6.45, 7) is 1.63. The highest BCUT2D eigenvalue weighted by atomic mass is 79.9. The smallest absolute Gasteiger partial charge is 0.413 e. The molecule has 0 unspecified atom stereocenters. The van der Waals surface area contributed by atoms with E-state index in [2.05, 4.69) is 20.7 Å². The molecule has 1 aromatic carbocycles. The van der Waals surface area contributed by atoms with Crippen LogP contribution in [-0.4, -0.2) is 25.2 Å². The summed E-state index contributed by atoms with van der Waals surface area (Å²) in [6.07, 6.45) is -0.767. The summed E-state index contributed by atoms with van der Waals surface area (Å²) in [4.78, 5) is 22.1. The van der Waals surface area contributed by atoms with Gasteiger partial charge in [0.25, 0.3) is 5.91 Å². The highest BCUT2D eigenvalue weighted by Crippen LogP contribution is 2.15. The molecular formula is C11H12BrNO4. The first-order valence-electron chi connectivity index (χ1n) is 4.96. The normalized spacial score (nSPS) is 9.53. The average Bonchev–Trinajstić information content (AvgIpc) is 2.28. The molecule has 0 spiro atoms. The van der Waals surface area contributed by atoms with E-state index in [1.807, 2.05) is 5.32 Å².